The molecule has 8 heterocycles. The molecule has 0 radical (unpaired) electrons. The van der Waals surface area contributed by atoms with Crippen LogP contribution in [0.5, 0.6) is 0 Å². The topological polar surface area (TPSA) is 447 Å². The van der Waals surface area contributed by atoms with Crippen LogP contribution in [0.1, 0.15) is 166 Å². The fraction of sp³-hybridized carbons (Fsp3) is 0.316. The Morgan fingerprint density at radius 3 is 0.596 bits per heavy atom. The van der Waals surface area contributed by atoms with Gasteiger partial charge in [-0.2, -0.15) is 20.6 Å². The molecule has 114 heavy (non-hydrogen) atoms. The second-order valence-electron chi connectivity index (χ2n) is 23.4. The van der Waals surface area contributed by atoms with Crippen LogP contribution < -0.4 is 0 Å². The Kier molecular flexibility index (Phi) is 44.1. The van der Waals surface area contributed by atoms with Crippen molar-refractivity contribution >= 4 is 117 Å². The van der Waals surface area contributed by atoms with E-state index in [1.807, 2.05) is 83.1 Å². The molecule has 0 amide bonds. The number of aromatic carboxylic acids is 4. The third kappa shape index (κ3) is 28.4. The van der Waals surface area contributed by atoms with E-state index < -0.39 is 47.8 Å². The zero-order valence-electron chi connectivity index (χ0n) is 64.2. The Bertz CT molecular complexity index is 4480. The summed E-state index contributed by atoms with van der Waals surface area (Å²) < 4.78 is 0.437. The predicted octanol–water partition coefficient (Wildman–Crippen LogP) is 13.8. The molecule has 0 unspecified atom stereocenters. The Morgan fingerprint density at radius 1 is 0.281 bits per heavy atom. The van der Waals surface area contributed by atoms with Crippen molar-refractivity contribution in [2.75, 3.05) is 78.5 Å². The van der Waals surface area contributed by atoms with Crippen LogP contribution in [-0.4, -0.2) is 226 Å². The molecule has 0 spiro atoms. The Labute approximate surface area is 705 Å². The number of hydroxylamine groups is 12. The minimum Gasteiger partial charge on any atom is -0.753 e. The number of carboxylic acid groups (broad SMARTS) is 4. The molecule has 0 aliphatic rings. The summed E-state index contributed by atoms with van der Waals surface area (Å²) >= 11 is 14.8. The number of carbonyl (C=O) groups is 8. The van der Waals surface area contributed by atoms with Crippen LogP contribution in [0.25, 0.3) is 90.0 Å². The van der Waals surface area contributed by atoms with Crippen molar-refractivity contribution in [1.82, 2.24) is 39.9 Å². The van der Waals surface area contributed by atoms with Gasteiger partial charge in [0.1, 0.15) is 78.5 Å². The number of hydrogen-bond donors (Lipinski definition) is 4. The van der Waals surface area contributed by atoms with E-state index in [4.69, 9.17) is 51.0 Å². The Hall–Kier alpha value is -10.8. The summed E-state index contributed by atoms with van der Waals surface area (Å²) in [6.07, 6.45) is 5.45. The standard InChI is InChI=1S/C48H70N8O8.C24H14N4O8.4CNS.2Ru/c1-13-53(14-2,15-3)61-45(57)35-25-27-49-39(29-35)41-31-37(47(59)63-55(19-7,20-8)21-9)33-43(51-41)44-34-38(48(60)64-56(22-10,23-11)24-12)32-42(52-44)40-30-36(26-28-50-40)46(58)62-54(16-4,17-5)18-6;29-21(30)11-1-3-25-15(5-11)17-7-13(23(33)34)9-19(27-17)20-10-14(24(35)36)8-18(28-20)16-6-12(22(31)32)2-4-26-16;4*2-1-3;;/h25-34H,13-24H2,1-12H3;1-10H,(H,29,30)(H,31,32)(H,33,34)(H,35,36);;;;;;/q+4;;4*-1;2*+2. The molecule has 0 aromatic carbocycles. The van der Waals surface area contributed by atoms with Crippen LogP contribution in [0.2, 0.25) is 0 Å². The maximum Gasteiger partial charge on any atom is 2.00 e. The summed E-state index contributed by atoms with van der Waals surface area (Å²) in [4.78, 5) is 162. The molecule has 8 rings (SSSR count). The van der Waals surface area contributed by atoms with Crippen molar-refractivity contribution in [1.29, 1.82) is 0 Å². The first kappa shape index (κ1) is 101. The van der Waals surface area contributed by atoms with E-state index in [0.29, 0.717) is 78.5 Å². The zero-order chi connectivity index (χ0) is 84.1. The van der Waals surface area contributed by atoms with Gasteiger partial charge >= 0.3 is 86.7 Å². The molecule has 0 saturated heterocycles. The Morgan fingerprint density at radius 2 is 0.421 bits per heavy atom. The molecule has 8 aromatic rings. The normalized spacial score (nSPS) is 10.4. The molecule has 0 aliphatic heterocycles. The number of thiocarbonyl (C=S) groups is 4. The van der Waals surface area contributed by atoms with Gasteiger partial charge in [-0.3, -0.25) is 39.3 Å². The number of nitrogens with zero attached hydrogens (tertiary/aromatic N) is 16. The maximum atomic E-state index is 14.2. The van der Waals surface area contributed by atoms with Crippen molar-refractivity contribution in [2.45, 2.75) is 83.1 Å². The summed E-state index contributed by atoms with van der Waals surface area (Å²) in [5, 5.41) is 71.6. The van der Waals surface area contributed by atoms with E-state index in [1.54, 1.807) is 48.5 Å². The van der Waals surface area contributed by atoms with E-state index in [2.05, 4.69) is 78.8 Å². The molecule has 8 aromatic heterocycles. The number of isothiocyanates is 4. The van der Waals surface area contributed by atoms with Crippen LogP contribution in [-0.2, 0) is 58.3 Å². The maximum absolute atomic E-state index is 14.2. The quantitative estimate of drug-likeness (QED) is 0.0107. The molecule has 0 aliphatic carbocycles. The van der Waals surface area contributed by atoms with E-state index >= 15 is 0 Å². The summed E-state index contributed by atoms with van der Waals surface area (Å²) in [5.74, 6) is -7.35. The van der Waals surface area contributed by atoms with Crippen LogP contribution >= 0.6 is 48.9 Å². The van der Waals surface area contributed by atoms with Crippen LogP contribution in [0.4, 0.5) is 0 Å². The van der Waals surface area contributed by atoms with Gasteiger partial charge in [-0.1, -0.05) is 48.9 Å². The number of aromatic nitrogens is 8. The van der Waals surface area contributed by atoms with Crippen molar-refractivity contribution in [3.8, 4) is 68.3 Å². The molecule has 0 saturated carbocycles. The molecular formula is C76H84N16O16Ru2S4+4. The first-order valence-electron chi connectivity index (χ1n) is 34.7. The third-order valence-corrected chi connectivity index (χ3v) is 17.9. The molecule has 32 nitrogen and oxygen atoms in total. The Balaban J connectivity index is 0.00000109. The fourth-order valence-electron chi connectivity index (χ4n) is 10.8. The largest absolute Gasteiger partial charge is 2.00 e. The molecule has 4 N–H and O–H groups in total. The summed E-state index contributed by atoms with van der Waals surface area (Å²) in [5.41, 5.74) is 1.72. The van der Waals surface area contributed by atoms with Gasteiger partial charge in [0.25, 0.3) is 0 Å². The van der Waals surface area contributed by atoms with Crippen molar-refractivity contribution in [3.05, 3.63) is 188 Å². The third-order valence-electron chi connectivity index (χ3n) is 17.9. The van der Waals surface area contributed by atoms with Gasteiger partial charge in [0, 0.05) is 24.8 Å². The molecule has 38 heteroatoms. The first-order chi connectivity index (χ1) is 53.4. The van der Waals surface area contributed by atoms with Gasteiger partial charge < -0.3 is 42.1 Å². The summed E-state index contributed by atoms with van der Waals surface area (Å²) in [6.45, 7) is 30.3. The molecule has 0 atom stereocenters. The van der Waals surface area contributed by atoms with E-state index in [-0.39, 0.29) is 170 Å². The van der Waals surface area contributed by atoms with Crippen LogP contribution in [0.3, 0.4) is 0 Å². The van der Waals surface area contributed by atoms with Crippen molar-refractivity contribution < 1.29 is 136 Å². The molecule has 600 valence electrons. The SMILES string of the molecule is CC[N+](CC)(CC)OC(=O)c1ccnc(-c2cc(C(=O)O[N+](CC)(CC)CC)cc(-c3cc(C(=O)O[N+](CC)(CC)CC)cc(-c4cc(C(=O)O[N+](CC)(CC)CC)ccn4)n3)n2)c1.O=C(O)c1ccnc(-c2cc(C(=O)O)cc(-c3cc(C(=O)O)cc(-c4cc(C(=O)O)ccn4)n3)n2)c1.[N-]=C=S.[N-]=C=S.[N-]=C=S.[N-]=C=S.[Ru+2].[Ru+2]. The number of pyridine rings is 8. The monoisotopic (exact) mass is 1810 g/mol. The summed E-state index contributed by atoms with van der Waals surface area (Å²) in [7, 11) is 0. The van der Waals surface area contributed by atoms with E-state index in [1.165, 1.54) is 94.0 Å². The van der Waals surface area contributed by atoms with Crippen LogP contribution in [0.15, 0.2) is 122 Å². The van der Waals surface area contributed by atoms with Gasteiger partial charge in [-0.15, -0.1) is 18.6 Å². The van der Waals surface area contributed by atoms with Gasteiger partial charge in [0.15, 0.2) is 0 Å². The second-order valence-corrected chi connectivity index (χ2v) is 24.1. The zero-order valence-corrected chi connectivity index (χ0v) is 71.0. The molecule has 0 fully saturated rings. The van der Waals surface area contributed by atoms with Crippen molar-refractivity contribution in [2.24, 2.45) is 0 Å². The van der Waals surface area contributed by atoms with Gasteiger partial charge in [-0.05, 0) is 180 Å². The molecular weight excluding hydrogens is 1720 g/mol. The average Bonchev–Trinajstić information content (AvgIpc) is 0.786. The van der Waals surface area contributed by atoms with Gasteiger partial charge in [-0.25, -0.2) is 58.3 Å². The molecule has 0 bridgehead atoms. The van der Waals surface area contributed by atoms with E-state index in [9.17, 15) is 58.8 Å². The number of rotatable bonds is 30. The number of quaternary nitrogens is 4. The fourth-order valence-corrected chi connectivity index (χ4v) is 10.8. The minimum absolute atomic E-state index is 0. The minimum atomic E-state index is -1.32. The first-order valence-corrected chi connectivity index (χ1v) is 36.3. The van der Waals surface area contributed by atoms with Crippen molar-refractivity contribution in [3.63, 3.8) is 0 Å². The van der Waals surface area contributed by atoms with Crippen LogP contribution in [0, 0.1) is 0 Å². The summed E-state index contributed by atoms with van der Waals surface area (Å²) in [6, 6.07) is 22.2. The van der Waals surface area contributed by atoms with Gasteiger partial charge in [0.2, 0.25) is 0 Å². The number of carboxylic acids is 4. The second kappa shape index (κ2) is 49.7. The number of hydrogen-bond acceptors (Lipinski definition) is 24. The van der Waals surface area contributed by atoms with E-state index in [0.717, 1.165) is 0 Å². The average molecular weight is 1810 g/mol. The number of carbonyl (C=O) groups excluding carboxylic acids is 4. The smallest absolute Gasteiger partial charge is 0.753 e. The van der Waals surface area contributed by atoms with Gasteiger partial charge in [0.05, 0.1) is 113 Å². The predicted molar refractivity (Wildman–Crippen MR) is 429 cm³/mol.